The molecule has 7 atom stereocenters. The van der Waals surface area contributed by atoms with Gasteiger partial charge in [0, 0.05) is 12.5 Å². The molecule has 2 unspecified atom stereocenters. The van der Waals surface area contributed by atoms with Gasteiger partial charge in [-0.25, -0.2) is 0 Å². The first-order chi connectivity index (χ1) is 21.4. The fourth-order valence-electron chi connectivity index (χ4n) is 5.12. The quantitative estimate of drug-likeness (QED) is 0.0404. The van der Waals surface area contributed by atoms with Crippen molar-refractivity contribution in [1.29, 1.82) is 0 Å². The fraction of sp³-hybridized carbons (Fsp3) is 0.868. The fourth-order valence-corrected chi connectivity index (χ4v) is 6.19. The Kier molecular flexibility index (Phi) is 19.8. The Labute approximate surface area is 284 Å². The number of hydrogen-bond acceptors (Lipinski definition) is 7. The summed E-state index contributed by atoms with van der Waals surface area (Å²) in [4.78, 5) is 12.8. The highest BCUT2D eigenvalue weighted by atomic mass is 28.4. The maximum Gasteiger partial charge on any atom is 0.311 e. The number of aliphatic hydroxyl groups is 1. The minimum absolute atomic E-state index is 0.0259. The van der Waals surface area contributed by atoms with Crippen molar-refractivity contribution in [2.24, 2.45) is 11.3 Å². The molecule has 0 spiro atoms. The van der Waals surface area contributed by atoms with E-state index in [1.165, 1.54) is 44.9 Å². The van der Waals surface area contributed by atoms with Gasteiger partial charge in [-0.05, 0) is 77.7 Å². The van der Waals surface area contributed by atoms with Gasteiger partial charge in [0.05, 0.1) is 17.6 Å². The Hall–Kier alpha value is -1.03. The van der Waals surface area contributed by atoms with Gasteiger partial charge in [-0.3, -0.25) is 4.79 Å². The van der Waals surface area contributed by atoms with E-state index in [-0.39, 0.29) is 29.3 Å². The topological polar surface area (TPSA) is 83.5 Å². The molecular formula is C38H72O7Si. The number of esters is 1. The number of carbonyl (C=O) groups excluding carboxylic acids is 1. The van der Waals surface area contributed by atoms with Gasteiger partial charge >= 0.3 is 5.97 Å². The molecule has 270 valence electrons. The Bertz CT molecular complexity index is 888. The molecule has 0 aromatic carbocycles. The second-order valence-corrected chi connectivity index (χ2v) is 20.5. The van der Waals surface area contributed by atoms with E-state index in [1.807, 2.05) is 58.9 Å². The Balaban J connectivity index is 2.95. The van der Waals surface area contributed by atoms with E-state index in [9.17, 15) is 9.90 Å². The minimum Gasteiger partial charge on any atom is -0.455 e. The summed E-state index contributed by atoms with van der Waals surface area (Å²) in [5.41, 5.74) is -0.634. The van der Waals surface area contributed by atoms with Gasteiger partial charge in [0.15, 0.2) is 20.9 Å². The van der Waals surface area contributed by atoms with E-state index >= 15 is 0 Å². The van der Waals surface area contributed by atoms with Crippen molar-refractivity contribution in [3.63, 3.8) is 0 Å². The van der Waals surface area contributed by atoms with Gasteiger partial charge in [0.1, 0.15) is 12.2 Å². The lowest BCUT2D eigenvalue weighted by Gasteiger charge is -2.40. The van der Waals surface area contributed by atoms with Crippen LogP contribution in [0.15, 0.2) is 24.3 Å². The average molecular weight is 669 g/mol. The third-order valence-corrected chi connectivity index (χ3v) is 13.8. The monoisotopic (exact) mass is 669 g/mol. The smallest absolute Gasteiger partial charge is 0.311 e. The van der Waals surface area contributed by atoms with Crippen LogP contribution in [0.4, 0.5) is 0 Å². The summed E-state index contributed by atoms with van der Waals surface area (Å²) in [7, 11) is -2.10. The van der Waals surface area contributed by atoms with Crippen molar-refractivity contribution >= 4 is 14.3 Å². The highest BCUT2D eigenvalue weighted by Crippen LogP contribution is 2.38. The predicted octanol–water partition coefficient (Wildman–Crippen LogP) is 9.88. The Morgan fingerprint density at radius 1 is 0.935 bits per heavy atom. The van der Waals surface area contributed by atoms with E-state index < -0.39 is 38.3 Å². The van der Waals surface area contributed by atoms with Crippen molar-refractivity contribution in [3.8, 4) is 0 Å². The normalized spacial score (nSPS) is 22.2. The molecule has 0 aromatic heterocycles. The molecule has 0 saturated heterocycles. The SMILES string of the molecule is CCCCCCCCCCC[C@H](O)[C@H](C)[C@H](C/C=C/[C@@H]1OC(O[Si](C)(C)C(C)(C)C)C=C[C@@H]1OC(=O)C(C)(C)C)OC(C)OCC. The van der Waals surface area contributed by atoms with Crippen molar-refractivity contribution in [1.82, 2.24) is 0 Å². The minimum atomic E-state index is -2.10. The molecule has 0 aliphatic carbocycles. The zero-order valence-corrected chi connectivity index (χ0v) is 32.7. The molecule has 1 heterocycles. The van der Waals surface area contributed by atoms with Crippen LogP contribution in [0.25, 0.3) is 0 Å². The van der Waals surface area contributed by atoms with E-state index in [1.54, 1.807) is 0 Å². The van der Waals surface area contributed by atoms with Gasteiger partial charge in [0.2, 0.25) is 0 Å². The maximum atomic E-state index is 12.8. The predicted molar refractivity (Wildman–Crippen MR) is 192 cm³/mol. The summed E-state index contributed by atoms with van der Waals surface area (Å²) >= 11 is 0. The van der Waals surface area contributed by atoms with Crippen LogP contribution in [0.3, 0.4) is 0 Å². The molecule has 0 saturated carbocycles. The maximum absolute atomic E-state index is 12.8. The van der Waals surface area contributed by atoms with Crippen LogP contribution in [0, 0.1) is 11.3 Å². The van der Waals surface area contributed by atoms with Crippen LogP contribution in [0.2, 0.25) is 18.1 Å². The van der Waals surface area contributed by atoms with Crippen molar-refractivity contribution < 1.29 is 33.3 Å². The van der Waals surface area contributed by atoms with Crippen molar-refractivity contribution in [2.75, 3.05) is 6.61 Å². The number of hydrogen-bond donors (Lipinski definition) is 1. The van der Waals surface area contributed by atoms with Crippen LogP contribution < -0.4 is 0 Å². The summed E-state index contributed by atoms with van der Waals surface area (Å²) in [6.45, 7) is 25.3. The summed E-state index contributed by atoms with van der Waals surface area (Å²) in [5, 5.41) is 11.2. The second kappa shape index (κ2) is 21.1. The first-order valence-electron chi connectivity index (χ1n) is 18.3. The zero-order valence-electron chi connectivity index (χ0n) is 31.7. The molecule has 1 N–H and O–H groups in total. The molecule has 46 heavy (non-hydrogen) atoms. The first-order valence-corrected chi connectivity index (χ1v) is 21.2. The third-order valence-electron chi connectivity index (χ3n) is 9.40. The summed E-state index contributed by atoms with van der Waals surface area (Å²) < 4.78 is 30.9. The van der Waals surface area contributed by atoms with E-state index in [4.69, 9.17) is 23.4 Å². The molecule has 0 bridgehead atoms. The summed E-state index contributed by atoms with van der Waals surface area (Å²) in [6, 6.07) is 0. The van der Waals surface area contributed by atoms with E-state index in [2.05, 4.69) is 47.7 Å². The third kappa shape index (κ3) is 16.4. The molecule has 1 rings (SSSR count). The highest BCUT2D eigenvalue weighted by Gasteiger charge is 2.41. The van der Waals surface area contributed by atoms with Crippen molar-refractivity contribution in [2.45, 2.75) is 195 Å². The summed E-state index contributed by atoms with van der Waals surface area (Å²) in [6.07, 6.45) is 17.6. The van der Waals surface area contributed by atoms with E-state index in [0.29, 0.717) is 13.0 Å². The summed E-state index contributed by atoms with van der Waals surface area (Å²) in [5.74, 6) is -0.370. The Morgan fingerprint density at radius 2 is 1.52 bits per heavy atom. The Morgan fingerprint density at radius 3 is 2.07 bits per heavy atom. The number of ether oxygens (including phenoxy) is 4. The largest absolute Gasteiger partial charge is 0.455 e. The van der Waals surface area contributed by atoms with Crippen molar-refractivity contribution in [3.05, 3.63) is 24.3 Å². The molecule has 0 radical (unpaired) electrons. The van der Waals surface area contributed by atoms with Gasteiger partial charge in [-0.1, -0.05) is 105 Å². The lowest BCUT2D eigenvalue weighted by Crippen LogP contribution is -2.47. The number of rotatable bonds is 22. The number of aliphatic hydroxyl groups excluding tert-OH is 1. The van der Waals surface area contributed by atoms with Gasteiger partial charge in [-0.15, -0.1) is 0 Å². The molecule has 0 amide bonds. The first kappa shape index (κ1) is 43.0. The van der Waals surface area contributed by atoms with Gasteiger partial charge < -0.3 is 28.5 Å². The molecular weight excluding hydrogens is 596 g/mol. The van der Waals surface area contributed by atoms with Crippen LogP contribution in [0.5, 0.6) is 0 Å². The van der Waals surface area contributed by atoms with Gasteiger partial charge in [0.25, 0.3) is 0 Å². The van der Waals surface area contributed by atoms with Gasteiger partial charge in [-0.2, -0.15) is 0 Å². The zero-order chi connectivity index (χ0) is 35.0. The molecule has 1 aliphatic rings. The second-order valence-electron chi connectivity index (χ2n) is 15.8. The standard InChI is InChI=1S/C38H72O7Si/c1-13-15-16-17-18-19-20-21-22-24-31(39)29(3)32(42-30(4)41-14-2)25-23-26-33-34(44-36(40)37(5,6)7)27-28-35(43-33)45-46(11,12)38(8,9)10/h23,26-35,39H,13-22,24-25H2,1-12H3/b26-23+/t29-,30?,31-,32-,33-,34-,35?/m0/s1. The van der Waals surface area contributed by atoms with Crippen LogP contribution >= 0.6 is 0 Å². The van der Waals surface area contributed by atoms with Crippen LogP contribution in [-0.2, 0) is 28.2 Å². The number of carbonyl (C=O) groups is 1. The van der Waals surface area contributed by atoms with Crippen LogP contribution in [-0.4, -0.2) is 63.0 Å². The van der Waals surface area contributed by atoms with E-state index in [0.717, 1.165) is 19.3 Å². The lowest BCUT2D eigenvalue weighted by molar-refractivity contribution is -0.176. The molecule has 7 nitrogen and oxygen atoms in total. The average Bonchev–Trinajstić information content (AvgIpc) is 2.95. The lowest BCUT2D eigenvalue weighted by atomic mass is 9.91. The molecule has 1 aliphatic heterocycles. The highest BCUT2D eigenvalue weighted by molar-refractivity contribution is 6.74. The molecule has 0 fully saturated rings. The molecule has 8 heteroatoms. The number of unbranched alkanes of at least 4 members (excludes halogenated alkanes) is 8. The molecule has 0 aromatic rings. The van der Waals surface area contributed by atoms with Crippen LogP contribution in [0.1, 0.15) is 140 Å².